The molecule has 0 atom stereocenters. The van der Waals surface area contributed by atoms with E-state index < -0.39 is 0 Å². The fourth-order valence-corrected chi connectivity index (χ4v) is 1.87. The topological polar surface area (TPSA) is 56.3 Å². The van der Waals surface area contributed by atoms with Crippen LogP contribution in [0, 0.1) is 6.92 Å². The number of ether oxygens (including phenoxy) is 2. The van der Waals surface area contributed by atoms with Crippen LogP contribution in [0.4, 0.5) is 0 Å². The van der Waals surface area contributed by atoms with Gasteiger partial charge in [0.25, 0.3) is 0 Å². The fourth-order valence-electron chi connectivity index (χ4n) is 1.87. The molecule has 0 aliphatic rings. The predicted molar refractivity (Wildman–Crippen MR) is 81.6 cm³/mol. The summed E-state index contributed by atoms with van der Waals surface area (Å²) in [6.07, 6.45) is 0.895. The lowest BCUT2D eigenvalue weighted by molar-refractivity contribution is 0.277. The summed E-state index contributed by atoms with van der Waals surface area (Å²) < 4.78 is 10.6. The molecule has 5 heteroatoms. The van der Waals surface area contributed by atoms with Crippen molar-refractivity contribution in [1.82, 2.24) is 15.3 Å². The summed E-state index contributed by atoms with van der Waals surface area (Å²) >= 11 is 0. The molecule has 0 bridgehead atoms. The van der Waals surface area contributed by atoms with Crippen LogP contribution >= 0.6 is 0 Å². The molecule has 0 fully saturated rings. The van der Waals surface area contributed by atoms with Crippen LogP contribution in [-0.4, -0.2) is 30.2 Å². The molecule has 1 aromatic heterocycles. The van der Waals surface area contributed by atoms with E-state index in [1.807, 2.05) is 25.1 Å². The molecule has 0 aliphatic carbocycles. The van der Waals surface area contributed by atoms with Gasteiger partial charge >= 0.3 is 6.01 Å². The van der Waals surface area contributed by atoms with Gasteiger partial charge in [0.05, 0.1) is 13.7 Å². The molecule has 1 aromatic carbocycles. The third kappa shape index (κ3) is 5.39. The predicted octanol–water partition coefficient (Wildman–Crippen LogP) is 2.35. The van der Waals surface area contributed by atoms with Crippen molar-refractivity contribution < 1.29 is 9.47 Å². The molecule has 0 saturated carbocycles. The highest BCUT2D eigenvalue weighted by molar-refractivity contribution is 5.17. The van der Waals surface area contributed by atoms with Crippen LogP contribution in [0.3, 0.4) is 0 Å². The van der Waals surface area contributed by atoms with Gasteiger partial charge in [-0.15, -0.1) is 0 Å². The lowest BCUT2D eigenvalue weighted by atomic mass is 10.2. The molecule has 2 aromatic rings. The Kier molecular flexibility index (Phi) is 5.97. The first kappa shape index (κ1) is 15.3. The Morgan fingerprint density at radius 3 is 2.71 bits per heavy atom. The van der Waals surface area contributed by atoms with Crippen LogP contribution in [0.2, 0.25) is 0 Å². The van der Waals surface area contributed by atoms with E-state index in [9.17, 15) is 0 Å². The number of hydrogen-bond donors (Lipinski definition) is 1. The Morgan fingerprint density at radius 2 is 1.95 bits per heavy atom. The quantitative estimate of drug-likeness (QED) is 0.755. The van der Waals surface area contributed by atoms with Crippen molar-refractivity contribution in [2.45, 2.75) is 19.9 Å². The second-order valence-electron chi connectivity index (χ2n) is 4.70. The van der Waals surface area contributed by atoms with Crippen molar-refractivity contribution in [3.63, 3.8) is 0 Å². The number of hydrogen-bond acceptors (Lipinski definition) is 5. The van der Waals surface area contributed by atoms with Crippen molar-refractivity contribution in [3.05, 3.63) is 47.7 Å². The van der Waals surface area contributed by atoms with E-state index in [0.29, 0.717) is 18.5 Å². The SMILES string of the molecule is COc1cc(C)nc(OCCCNCc2ccccc2)n1. The van der Waals surface area contributed by atoms with E-state index in [-0.39, 0.29) is 0 Å². The molecule has 2 rings (SSSR count). The average Bonchev–Trinajstić information content (AvgIpc) is 2.51. The summed E-state index contributed by atoms with van der Waals surface area (Å²) in [4.78, 5) is 8.35. The fraction of sp³-hybridized carbons (Fsp3) is 0.375. The minimum absolute atomic E-state index is 0.370. The highest BCUT2D eigenvalue weighted by Crippen LogP contribution is 2.12. The van der Waals surface area contributed by atoms with Gasteiger partial charge in [0.2, 0.25) is 5.88 Å². The van der Waals surface area contributed by atoms with Gasteiger partial charge in [0.1, 0.15) is 0 Å². The van der Waals surface area contributed by atoms with E-state index >= 15 is 0 Å². The lowest BCUT2D eigenvalue weighted by Crippen LogP contribution is -2.17. The van der Waals surface area contributed by atoms with E-state index in [4.69, 9.17) is 9.47 Å². The molecule has 21 heavy (non-hydrogen) atoms. The molecule has 112 valence electrons. The summed E-state index contributed by atoms with van der Waals surface area (Å²) in [5, 5.41) is 3.38. The van der Waals surface area contributed by atoms with Gasteiger partial charge in [-0.1, -0.05) is 30.3 Å². The molecular weight excluding hydrogens is 266 g/mol. The smallest absolute Gasteiger partial charge is 0.319 e. The number of nitrogens with zero attached hydrogens (tertiary/aromatic N) is 2. The molecule has 0 aliphatic heterocycles. The zero-order valence-corrected chi connectivity index (χ0v) is 12.5. The molecule has 1 N–H and O–H groups in total. The van der Waals surface area contributed by atoms with Gasteiger partial charge in [-0.25, -0.2) is 4.98 Å². The van der Waals surface area contributed by atoms with Crippen LogP contribution in [0.15, 0.2) is 36.4 Å². The highest BCUT2D eigenvalue weighted by Gasteiger charge is 2.03. The maximum Gasteiger partial charge on any atom is 0.319 e. The molecule has 0 spiro atoms. The molecule has 0 unspecified atom stereocenters. The van der Waals surface area contributed by atoms with Gasteiger partial charge < -0.3 is 14.8 Å². The number of methoxy groups -OCH3 is 1. The summed E-state index contributed by atoms with van der Waals surface area (Å²) in [6.45, 7) is 4.22. The minimum atomic E-state index is 0.370. The Morgan fingerprint density at radius 1 is 1.14 bits per heavy atom. The zero-order chi connectivity index (χ0) is 14.9. The second kappa shape index (κ2) is 8.21. The first-order valence-electron chi connectivity index (χ1n) is 7.05. The first-order valence-corrected chi connectivity index (χ1v) is 7.05. The largest absolute Gasteiger partial charge is 0.481 e. The molecule has 1 heterocycles. The van der Waals surface area contributed by atoms with Crippen molar-refractivity contribution >= 4 is 0 Å². The lowest BCUT2D eigenvalue weighted by Gasteiger charge is -2.07. The highest BCUT2D eigenvalue weighted by atomic mass is 16.5. The number of aryl methyl sites for hydroxylation is 1. The molecule has 0 amide bonds. The Hall–Kier alpha value is -2.14. The number of nitrogens with one attached hydrogen (secondary N) is 1. The van der Waals surface area contributed by atoms with Crippen molar-refractivity contribution in [3.8, 4) is 11.9 Å². The molecular formula is C16H21N3O2. The summed E-state index contributed by atoms with van der Waals surface area (Å²) in [6, 6.07) is 12.5. The van der Waals surface area contributed by atoms with Crippen LogP contribution < -0.4 is 14.8 Å². The zero-order valence-electron chi connectivity index (χ0n) is 12.5. The van der Waals surface area contributed by atoms with Crippen LogP contribution in [0.25, 0.3) is 0 Å². The van der Waals surface area contributed by atoms with Crippen LogP contribution in [-0.2, 0) is 6.54 Å². The van der Waals surface area contributed by atoms with Crippen molar-refractivity contribution in [2.75, 3.05) is 20.3 Å². The standard InChI is InChI=1S/C16H21N3O2/c1-13-11-15(20-2)19-16(18-13)21-10-6-9-17-12-14-7-4-3-5-8-14/h3-5,7-8,11,17H,6,9-10,12H2,1-2H3. The van der Waals surface area contributed by atoms with Gasteiger partial charge in [0.15, 0.2) is 0 Å². The van der Waals surface area contributed by atoms with Crippen molar-refractivity contribution in [2.24, 2.45) is 0 Å². The minimum Gasteiger partial charge on any atom is -0.481 e. The Labute approximate surface area is 125 Å². The molecule has 0 radical (unpaired) electrons. The van der Waals surface area contributed by atoms with Crippen LogP contribution in [0.5, 0.6) is 11.9 Å². The van der Waals surface area contributed by atoms with Crippen LogP contribution in [0.1, 0.15) is 17.7 Å². The average molecular weight is 287 g/mol. The summed E-state index contributed by atoms with van der Waals surface area (Å²) in [5.74, 6) is 0.528. The monoisotopic (exact) mass is 287 g/mol. The van der Waals surface area contributed by atoms with Gasteiger partial charge in [-0.05, 0) is 25.5 Å². The maximum atomic E-state index is 5.54. The second-order valence-corrected chi connectivity index (χ2v) is 4.70. The maximum absolute atomic E-state index is 5.54. The van der Waals surface area contributed by atoms with E-state index in [2.05, 4.69) is 27.4 Å². The number of rotatable bonds is 8. The summed E-state index contributed by atoms with van der Waals surface area (Å²) in [7, 11) is 1.58. The third-order valence-corrected chi connectivity index (χ3v) is 2.92. The third-order valence-electron chi connectivity index (χ3n) is 2.92. The normalized spacial score (nSPS) is 10.4. The van der Waals surface area contributed by atoms with Gasteiger partial charge in [0, 0.05) is 18.3 Å². The Balaban J connectivity index is 1.65. The number of aromatic nitrogens is 2. The Bertz CT molecular complexity index is 546. The number of benzene rings is 1. The van der Waals surface area contributed by atoms with Gasteiger partial charge in [-0.3, -0.25) is 0 Å². The summed E-state index contributed by atoms with van der Waals surface area (Å²) in [5.41, 5.74) is 2.12. The van der Waals surface area contributed by atoms with E-state index in [1.165, 1.54) is 5.56 Å². The first-order chi connectivity index (χ1) is 10.3. The molecule has 5 nitrogen and oxygen atoms in total. The molecule has 0 saturated heterocycles. The van der Waals surface area contributed by atoms with E-state index in [0.717, 1.165) is 25.2 Å². The van der Waals surface area contributed by atoms with Crippen molar-refractivity contribution in [1.29, 1.82) is 0 Å². The van der Waals surface area contributed by atoms with E-state index in [1.54, 1.807) is 13.2 Å². The van der Waals surface area contributed by atoms with Gasteiger partial charge in [-0.2, -0.15) is 4.98 Å².